The number of para-hydroxylation sites is 1. The Hall–Kier alpha value is -1.79. The Morgan fingerprint density at radius 2 is 2.12 bits per heavy atom. The zero-order chi connectivity index (χ0) is 17.5. The van der Waals surface area contributed by atoms with E-state index in [1.807, 2.05) is 43.0 Å². The summed E-state index contributed by atoms with van der Waals surface area (Å²) in [7, 11) is 0. The van der Waals surface area contributed by atoms with Crippen LogP contribution in [0.15, 0.2) is 24.3 Å². The first-order chi connectivity index (χ1) is 11.5. The lowest BCUT2D eigenvalue weighted by molar-refractivity contribution is -0.134. The molecule has 140 valence electrons. The van der Waals surface area contributed by atoms with Gasteiger partial charge in [0.1, 0.15) is 5.75 Å². The molecule has 0 bridgehead atoms. The number of nitrogens with zero attached hydrogens (tertiary/aromatic N) is 1. The van der Waals surface area contributed by atoms with Crippen LogP contribution >= 0.6 is 12.4 Å². The van der Waals surface area contributed by atoms with Gasteiger partial charge in [-0.1, -0.05) is 18.2 Å². The Labute approximate surface area is 155 Å². The van der Waals surface area contributed by atoms with Gasteiger partial charge in [-0.15, -0.1) is 12.4 Å². The summed E-state index contributed by atoms with van der Waals surface area (Å²) >= 11 is 0. The summed E-state index contributed by atoms with van der Waals surface area (Å²) in [5.41, 5.74) is 0.839. The van der Waals surface area contributed by atoms with Crippen LogP contribution in [0.5, 0.6) is 5.75 Å². The molecule has 0 radical (unpaired) electrons. The lowest BCUT2D eigenvalue weighted by atomic mass is 10.0. The van der Waals surface area contributed by atoms with Crippen molar-refractivity contribution in [3.8, 4) is 5.75 Å². The standard InChI is InChI=1S/C18H27N3O3.ClH/c1-4-24-17-8-6-5-7-15(17)16(20-14(3)22)11-18(23)21-10-9-19-12-13(21)2;/h5-8,13,16,19H,4,9-12H2,1-3H3,(H,20,22);1H/t13-,16?;/m1./s1. The van der Waals surface area contributed by atoms with Crippen LogP contribution in [-0.2, 0) is 9.59 Å². The molecule has 0 aromatic heterocycles. The lowest BCUT2D eigenvalue weighted by Gasteiger charge is -2.35. The molecule has 1 heterocycles. The smallest absolute Gasteiger partial charge is 0.225 e. The fraction of sp³-hybridized carbons (Fsp3) is 0.556. The van der Waals surface area contributed by atoms with Crippen molar-refractivity contribution in [2.45, 2.75) is 39.3 Å². The van der Waals surface area contributed by atoms with Crippen LogP contribution in [0.3, 0.4) is 0 Å². The molecule has 1 aliphatic heterocycles. The van der Waals surface area contributed by atoms with E-state index in [-0.39, 0.29) is 42.7 Å². The zero-order valence-electron chi connectivity index (χ0n) is 15.1. The third-order valence-corrected chi connectivity index (χ3v) is 4.17. The average Bonchev–Trinajstić information content (AvgIpc) is 2.55. The topological polar surface area (TPSA) is 70.7 Å². The Bertz CT molecular complexity index is 582. The van der Waals surface area contributed by atoms with E-state index in [0.29, 0.717) is 18.9 Å². The first-order valence-corrected chi connectivity index (χ1v) is 8.52. The Morgan fingerprint density at radius 3 is 2.76 bits per heavy atom. The molecule has 1 aromatic rings. The number of halogens is 1. The Balaban J connectivity index is 0.00000312. The molecule has 0 spiro atoms. The minimum absolute atomic E-state index is 0. The number of carbonyl (C=O) groups excluding carboxylic acids is 2. The molecular weight excluding hydrogens is 342 g/mol. The monoisotopic (exact) mass is 369 g/mol. The van der Waals surface area contributed by atoms with Crippen LogP contribution in [-0.4, -0.2) is 49.0 Å². The largest absolute Gasteiger partial charge is 0.494 e. The van der Waals surface area contributed by atoms with E-state index < -0.39 is 0 Å². The van der Waals surface area contributed by atoms with Gasteiger partial charge in [0, 0.05) is 38.2 Å². The van der Waals surface area contributed by atoms with Crippen molar-refractivity contribution in [2.24, 2.45) is 0 Å². The molecule has 2 N–H and O–H groups in total. The third-order valence-electron chi connectivity index (χ3n) is 4.17. The summed E-state index contributed by atoms with van der Waals surface area (Å²) in [5, 5.41) is 6.18. The highest BCUT2D eigenvalue weighted by Gasteiger charge is 2.27. The number of ether oxygens (including phenoxy) is 1. The van der Waals surface area contributed by atoms with E-state index >= 15 is 0 Å². The van der Waals surface area contributed by atoms with E-state index in [4.69, 9.17) is 4.74 Å². The van der Waals surface area contributed by atoms with Crippen LogP contribution in [0.2, 0.25) is 0 Å². The minimum Gasteiger partial charge on any atom is -0.494 e. The van der Waals surface area contributed by atoms with Crippen molar-refractivity contribution >= 4 is 24.2 Å². The maximum Gasteiger partial charge on any atom is 0.225 e. The molecule has 25 heavy (non-hydrogen) atoms. The fourth-order valence-electron chi connectivity index (χ4n) is 3.04. The molecule has 1 aromatic carbocycles. The van der Waals surface area contributed by atoms with Gasteiger partial charge in [0.15, 0.2) is 0 Å². The van der Waals surface area contributed by atoms with Crippen molar-refractivity contribution < 1.29 is 14.3 Å². The van der Waals surface area contributed by atoms with Gasteiger partial charge in [0.25, 0.3) is 0 Å². The van der Waals surface area contributed by atoms with Crippen molar-refractivity contribution in [1.82, 2.24) is 15.5 Å². The molecule has 1 fully saturated rings. The summed E-state index contributed by atoms with van der Waals surface area (Å²) in [5.74, 6) is 0.599. The highest BCUT2D eigenvalue weighted by atomic mass is 35.5. The number of nitrogens with one attached hydrogen (secondary N) is 2. The highest BCUT2D eigenvalue weighted by molar-refractivity contribution is 5.85. The summed E-state index contributed by atoms with van der Waals surface area (Å²) in [6, 6.07) is 7.32. The van der Waals surface area contributed by atoms with Crippen LogP contribution < -0.4 is 15.4 Å². The molecule has 2 rings (SSSR count). The van der Waals surface area contributed by atoms with E-state index in [2.05, 4.69) is 10.6 Å². The number of amides is 2. The van der Waals surface area contributed by atoms with E-state index in [1.165, 1.54) is 6.92 Å². The molecule has 6 nitrogen and oxygen atoms in total. The maximum absolute atomic E-state index is 12.7. The quantitative estimate of drug-likeness (QED) is 0.803. The molecule has 2 atom stereocenters. The van der Waals surface area contributed by atoms with Gasteiger partial charge in [0.05, 0.1) is 19.1 Å². The predicted molar refractivity (Wildman–Crippen MR) is 100 cm³/mol. The van der Waals surface area contributed by atoms with Crippen LogP contribution in [0, 0.1) is 0 Å². The van der Waals surface area contributed by atoms with E-state index in [1.54, 1.807) is 0 Å². The van der Waals surface area contributed by atoms with Gasteiger partial charge >= 0.3 is 0 Å². The predicted octanol–water partition coefficient (Wildman–Crippen LogP) is 1.89. The second-order valence-electron chi connectivity index (χ2n) is 6.07. The van der Waals surface area contributed by atoms with Crippen molar-refractivity contribution in [1.29, 1.82) is 0 Å². The molecule has 0 saturated carbocycles. The number of carbonyl (C=O) groups is 2. The second kappa shape index (κ2) is 10.3. The van der Waals surface area contributed by atoms with E-state index in [0.717, 1.165) is 18.7 Å². The number of hydrogen-bond donors (Lipinski definition) is 2. The van der Waals surface area contributed by atoms with Crippen LogP contribution in [0.1, 0.15) is 38.8 Å². The second-order valence-corrected chi connectivity index (χ2v) is 6.07. The normalized spacial score (nSPS) is 18.0. The molecule has 1 saturated heterocycles. The molecule has 0 aliphatic carbocycles. The average molecular weight is 370 g/mol. The molecule has 2 amide bonds. The van der Waals surface area contributed by atoms with Crippen LogP contribution in [0.25, 0.3) is 0 Å². The van der Waals surface area contributed by atoms with Gasteiger partial charge < -0.3 is 20.3 Å². The van der Waals surface area contributed by atoms with Gasteiger partial charge in [0.2, 0.25) is 11.8 Å². The Morgan fingerprint density at radius 1 is 1.40 bits per heavy atom. The van der Waals surface area contributed by atoms with Gasteiger partial charge in [-0.2, -0.15) is 0 Å². The number of benzene rings is 1. The van der Waals surface area contributed by atoms with Gasteiger partial charge in [-0.25, -0.2) is 0 Å². The van der Waals surface area contributed by atoms with Crippen molar-refractivity contribution in [3.63, 3.8) is 0 Å². The number of rotatable bonds is 6. The van der Waals surface area contributed by atoms with E-state index in [9.17, 15) is 9.59 Å². The Kier molecular flexibility index (Phi) is 8.72. The third kappa shape index (κ3) is 5.90. The van der Waals surface area contributed by atoms with Gasteiger partial charge in [-0.3, -0.25) is 9.59 Å². The number of hydrogen-bond acceptors (Lipinski definition) is 4. The van der Waals surface area contributed by atoms with Crippen molar-refractivity contribution in [3.05, 3.63) is 29.8 Å². The highest BCUT2D eigenvalue weighted by Crippen LogP contribution is 2.28. The summed E-state index contributed by atoms with van der Waals surface area (Å²) in [6.45, 7) is 8.24. The lowest BCUT2D eigenvalue weighted by Crippen LogP contribution is -2.52. The first kappa shape index (κ1) is 21.3. The summed E-state index contributed by atoms with van der Waals surface area (Å²) in [6.07, 6.45) is 0.230. The van der Waals surface area contributed by atoms with Crippen molar-refractivity contribution in [2.75, 3.05) is 26.2 Å². The SMILES string of the molecule is CCOc1ccccc1C(CC(=O)N1CCNC[C@H]1C)NC(C)=O.Cl. The maximum atomic E-state index is 12.7. The first-order valence-electron chi connectivity index (χ1n) is 8.52. The molecular formula is C18H28ClN3O3. The minimum atomic E-state index is -0.389. The molecule has 7 heteroatoms. The zero-order valence-corrected chi connectivity index (χ0v) is 15.9. The summed E-state index contributed by atoms with van der Waals surface area (Å²) < 4.78 is 5.66. The number of piperazine rings is 1. The molecule has 1 aliphatic rings. The summed E-state index contributed by atoms with van der Waals surface area (Å²) in [4.78, 5) is 26.3. The van der Waals surface area contributed by atoms with Gasteiger partial charge in [-0.05, 0) is 19.9 Å². The fourth-order valence-corrected chi connectivity index (χ4v) is 3.04. The van der Waals surface area contributed by atoms with Crippen LogP contribution in [0.4, 0.5) is 0 Å². The molecule has 1 unspecified atom stereocenters.